The highest BCUT2D eigenvalue weighted by atomic mass is 16.5. The lowest BCUT2D eigenvalue weighted by molar-refractivity contribution is -0.166. The van der Waals surface area contributed by atoms with E-state index in [0.717, 1.165) is 19.3 Å². The van der Waals surface area contributed by atoms with Gasteiger partial charge in [0.25, 0.3) is 0 Å². The van der Waals surface area contributed by atoms with Gasteiger partial charge in [-0.15, -0.1) is 0 Å². The Balaban J connectivity index is 1.77. The van der Waals surface area contributed by atoms with Gasteiger partial charge in [-0.25, -0.2) is 0 Å². The predicted octanol–water partition coefficient (Wildman–Crippen LogP) is 5.64. The maximum absolute atomic E-state index is 13.1. The van der Waals surface area contributed by atoms with E-state index < -0.39 is 29.0 Å². The zero-order valence-corrected chi connectivity index (χ0v) is 23.7. The summed E-state index contributed by atoms with van der Waals surface area (Å²) in [6, 6.07) is 0. The summed E-state index contributed by atoms with van der Waals surface area (Å²) >= 11 is 0. The fraction of sp³-hybridized carbons (Fsp3) is 0.806. The van der Waals surface area contributed by atoms with Crippen molar-refractivity contribution in [1.29, 1.82) is 0 Å². The van der Waals surface area contributed by atoms with Crippen molar-refractivity contribution in [1.82, 2.24) is 0 Å². The minimum absolute atomic E-state index is 0.0684. The Morgan fingerprint density at radius 3 is 2.47 bits per heavy atom. The standard InChI is InChI=1S/C31H48O5/c1-18(2)10-9-11-19(27(35)36-8)26-22(32)17-30(6)20-12-13-23-28(3,4)24(33)14-15-29(23,5)21(20)16-25(34)31(26,30)7/h10,12,19,21-23,25-26,32,34H,9,11,13-17H2,1-8H3/t19-,21+,22+,23+,25-,26-,29-,30-,31+/m1/s1. The molecule has 0 spiro atoms. The van der Waals surface area contributed by atoms with Gasteiger partial charge in [0.1, 0.15) is 5.78 Å². The van der Waals surface area contributed by atoms with Gasteiger partial charge in [0.05, 0.1) is 25.2 Å². The normalized spacial score (nSPS) is 44.0. The van der Waals surface area contributed by atoms with E-state index in [1.165, 1.54) is 18.3 Å². The Hall–Kier alpha value is -1.46. The van der Waals surface area contributed by atoms with Gasteiger partial charge in [-0.05, 0) is 75.0 Å². The fourth-order valence-electron chi connectivity index (χ4n) is 9.48. The van der Waals surface area contributed by atoms with E-state index in [4.69, 9.17) is 4.74 Å². The van der Waals surface area contributed by atoms with Crippen LogP contribution in [0.5, 0.6) is 0 Å². The molecule has 0 heterocycles. The van der Waals surface area contributed by atoms with Gasteiger partial charge >= 0.3 is 5.97 Å². The third-order valence-electron chi connectivity index (χ3n) is 11.7. The number of rotatable bonds is 5. The van der Waals surface area contributed by atoms with Gasteiger partial charge in [0.2, 0.25) is 0 Å². The first kappa shape index (κ1) is 27.6. The van der Waals surface area contributed by atoms with Crippen LogP contribution in [0.4, 0.5) is 0 Å². The molecule has 4 aliphatic carbocycles. The molecule has 3 fully saturated rings. The molecule has 0 amide bonds. The lowest BCUT2D eigenvalue weighted by Gasteiger charge is -2.64. The topological polar surface area (TPSA) is 83.8 Å². The van der Waals surface area contributed by atoms with Gasteiger partial charge in [0, 0.05) is 23.2 Å². The zero-order chi connectivity index (χ0) is 26.8. The largest absolute Gasteiger partial charge is 0.469 e. The van der Waals surface area contributed by atoms with Crippen LogP contribution in [0.15, 0.2) is 23.3 Å². The molecule has 36 heavy (non-hydrogen) atoms. The van der Waals surface area contributed by atoms with Gasteiger partial charge in [-0.2, -0.15) is 0 Å². The molecule has 9 atom stereocenters. The van der Waals surface area contributed by atoms with E-state index in [1.54, 1.807) is 0 Å². The van der Waals surface area contributed by atoms with E-state index in [0.29, 0.717) is 31.5 Å². The second-order valence-corrected chi connectivity index (χ2v) is 13.8. The quantitative estimate of drug-likeness (QED) is 0.377. The molecular formula is C31H48O5. The molecule has 0 aromatic heterocycles. The third-order valence-corrected chi connectivity index (χ3v) is 11.7. The molecule has 5 heteroatoms. The highest BCUT2D eigenvalue weighted by Gasteiger charge is 2.71. The van der Waals surface area contributed by atoms with Crippen molar-refractivity contribution < 1.29 is 24.5 Å². The first-order valence-corrected chi connectivity index (χ1v) is 14.0. The smallest absolute Gasteiger partial charge is 0.309 e. The molecule has 0 aromatic rings. The lowest BCUT2D eigenvalue weighted by Crippen LogP contribution is -2.61. The minimum Gasteiger partial charge on any atom is -0.469 e. The molecule has 0 unspecified atom stereocenters. The molecule has 0 radical (unpaired) electrons. The van der Waals surface area contributed by atoms with Crippen LogP contribution in [0.3, 0.4) is 0 Å². The monoisotopic (exact) mass is 500 g/mol. The number of methoxy groups -OCH3 is 1. The van der Waals surface area contributed by atoms with Crippen LogP contribution >= 0.6 is 0 Å². The summed E-state index contributed by atoms with van der Waals surface area (Å²) in [6.45, 7) is 14.9. The van der Waals surface area contributed by atoms with Crippen LogP contribution in [0.2, 0.25) is 0 Å². The average molecular weight is 501 g/mol. The number of hydrogen-bond donors (Lipinski definition) is 2. The van der Waals surface area contributed by atoms with Crippen LogP contribution in [-0.2, 0) is 14.3 Å². The van der Waals surface area contributed by atoms with Crippen LogP contribution < -0.4 is 0 Å². The molecule has 202 valence electrons. The van der Waals surface area contributed by atoms with Crippen molar-refractivity contribution in [2.75, 3.05) is 7.11 Å². The number of ether oxygens (including phenoxy) is 1. The van der Waals surface area contributed by atoms with Crippen molar-refractivity contribution in [2.45, 2.75) is 106 Å². The number of hydrogen-bond acceptors (Lipinski definition) is 5. The number of fused-ring (bicyclic) bond motifs is 5. The number of esters is 1. The van der Waals surface area contributed by atoms with Crippen LogP contribution in [0.1, 0.15) is 93.4 Å². The van der Waals surface area contributed by atoms with Gasteiger partial charge in [-0.1, -0.05) is 57.9 Å². The Morgan fingerprint density at radius 1 is 1.19 bits per heavy atom. The van der Waals surface area contributed by atoms with Gasteiger partial charge < -0.3 is 14.9 Å². The van der Waals surface area contributed by atoms with Crippen molar-refractivity contribution in [2.24, 2.45) is 45.3 Å². The molecule has 4 rings (SSSR count). The summed E-state index contributed by atoms with van der Waals surface area (Å²) in [5.74, 6) is -0.384. The third kappa shape index (κ3) is 3.70. The zero-order valence-electron chi connectivity index (χ0n) is 23.7. The molecule has 2 N–H and O–H groups in total. The van der Waals surface area contributed by atoms with Crippen LogP contribution in [0, 0.1) is 45.3 Å². The summed E-state index contributed by atoms with van der Waals surface area (Å²) in [4.78, 5) is 26.0. The van der Waals surface area contributed by atoms with Crippen LogP contribution in [0.25, 0.3) is 0 Å². The summed E-state index contributed by atoms with van der Waals surface area (Å²) in [5.41, 5.74) is 1.02. The maximum Gasteiger partial charge on any atom is 0.309 e. The molecule has 3 saturated carbocycles. The molecule has 0 bridgehead atoms. The Kier molecular flexibility index (Phi) is 6.95. The lowest BCUT2D eigenvalue weighted by atomic mass is 9.40. The molecule has 5 nitrogen and oxygen atoms in total. The predicted molar refractivity (Wildman–Crippen MR) is 141 cm³/mol. The van der Waals surface area contributed by atoms with E-state index in [-0.39, 0.29) is 34.6 Å². The Morgan fingerprint density at radius 2 is 1.86 bits per heavy atom. The van der Waals surface area contributed by atoms with Crippen molar-refractivity contribution in [3.63, 3.8) is 0 Å². The van der Waals surface area contributed by atoms with Crippen LogP contribution in [-0.4, -0.2) is 41.3 Å². The second-order valence-electron chi connectivity index (χ2n) is 13.8. The fourth-order valence-corrected chi connectivity index (χ4v) is 9.48. The molecular weight excluding hydrogens is 452 g/mol. The number of aliphatic hydroxyl groups excluding tert-OH is 2. The number of ketones is 1. The Bertz CT molecular complexity index is 973. The average Bonchev–Trinajstić information content (AvgIpc) is 3.01. The highest BCUT2D eigenvalue weighted by molar-refractivity contribution is 5.85. The van der Waals surface area contributed by atoms with Crippen molar-refractivity contribution in [3.8, 4) is 0 Å². The SMILES string of the molecule is COC(=O)[C@H](CCC=C(C)C)[C@@H]1[C@@H](O)C[C@]2(C)C3=CC[C@H]4C(C)(C)C(=O)CC[C@]4(C)[C@H]3C[C@@H](O)[C@@]12C. The molecule has 0 aromatic carbocycles. The van der Waals surface area contributed by atoms with E-state index >= 15 is 0 Å². The van der Waals surface area contributed by atoms with Gasteiger partial charge in [-0.3, -0.25) is 9.59 Å². The number of allylic oxidation sites excluding steroid dienone is 4. The number of carbonyl (C=O) groups excluding carboxylic acids is 2. The molecule has 0 saturated heterocycles. The summed E-state index contributed by atoms with van der Waals surface area (Å²) in [6.07, 6.45) is 7.90. The minimum atomic E-state index is -0.694. The van der Waals surface area contributed by atoms with Gasteiger partial charge in [0.15, 0.2) is 0 Å². The first-order chi connectivity index (χ1) is 16.7. The first-order valence-electron chi connectivity index (χ1n) is 14.0. The maximum atomic E-state index is 13.1. The van der Waals surface area contributed by atoms with E-state index in [2.05, 4.69) is 46.8 Å². The number of Topliss-reactive ketones (excluding diaryl/α,β-unsaturated/α-hetero) is 1. The van der Waals surface area contributed by atoms with E-state index in [9.17, 15) is 19.8 Å². The highest BCUT2D eigenvalue weighted by Crippen LogP contribution is 2.73. The summed E-state index contributed by atoms with van der Waals surface area (Å²) in [7, 11) is 1.42. The number of carbonyl (C=O) groups is 2. The van der Waals surface area contributed by atoms with Crippen molar-refractivity contribution in [3.05, 3.63) is 23.3 Å². The Labute approximate surface area is 217 Å². The van der Waals surface area contributed by atoms with Crippen molar-refractivity contribution >= 4 is 11.8 Å². The molecule has 4 aliphatic rings. The number of aliphatic hydroxyl groups is 2. The second kappa shape index (κ2) is 9.08. The summed E-state index contributed by atoms with van der Waals surface area (Å²) in [5, 5.41) is 23.6. The molecule has 0 aliphatic heterocycles. The summed E-state index contributed by atoms with van der Waals surface area (Å²) < 4.78 is 5.25. The van der Waals surface area contributed by atoms with E-state index in [1.807, 2.05) is 13.8 Å².